The second-order valence-electron chi connectivity index (χ2n) is 10.4. The van der Waals surface area contributed by atoms with E-state index in [-0.39, 0.29) is 23.8 Å². The Morgan fingerprint density at radius 3 is 1.74 bits per heavy atom. The number of hydrogen-bond donors (Lipinski definition) is 0. The fraction of sp³-hybridized carbons (Fsp3) is 0.250. The zero-order chi connectivity index (χ0) is 32.6. The van der Waals surface area contributed by atoms with E-state index in [4.69, 9.17) is 18.9 Å². The molecule has 3 atom stereocenters. The highest BCUT2D eigenvalue weighted by molar-refractivity contribution is 5.84. The van der Waals surface area contributed by atoms with Crippen LogP contribution in [0.3, 0.4) is 0 Å². The van der Waals surface area contributed by atoms with E-state index in [0.717, 1.165) is 12.4 Å². The molecule has 3 aliphatic rings. The third kappa shape index (κ3) is 6.67. The molecule has 6 rings (SSSR count). The minimum absolute atomic E-state index is 0.00195. The van der Waals surface area contributed by atoms with Crippen molar-refractivity contribution in [3.05, 3.63) is 106 Å². The molecule has 0 aromatic heterocycles. The molecule has 0 N–H and O–H groups in total. The molecule has 46 heavy (non-hydrogen) atoms. The van der Waals surface area contributed by atoms with E-state index in [2.05, 4.69) is 9.98 Å². The van der Waals surface area contributed by atoms with Gasteiger partial charge in [-0.25, -0.2) is 31.3 Å². The number of alkyl halides is 3. The summed E-state index contributed by atoms with van der Waals surface area (Å²) in [5.41, 5.74) is -6.29. The highest BCUT2D eigenvalue weighted by atomic mass is 19.3. The number of halogens is 8. The molecule has 2 aliphatic heterocycles. The molecule has 0 radical (unpaired) electrons. The zero-order valence-electron chi connectivity index (χ0n) is 23.5. The smallest absolute Gasteiger partial charge is 0.313 e. The van der Waals surface area contributed by atoms with Crippen molar-refractivity contribution in [1.82, 2.24) is 0 Å². The number of epoxide rings is 2. The van der Waals surface area contributed by atoms with Crippen LogP contribution >= 0.6 is 0 Å². The fourth-order valence-electron chi connectivity index (χ4n) is 4.37. The molecule has 0 amide bonds. The minimum atomic E-state index is -4.98. The topological polar surface area (TPSA) is 68.2 Å². The van der Waals surface area contributed by atoms with E-state index in [1.807, 2.05) is 0 Å². The summed E-state index contributed by atoms with van der Waals surface area (Å²) in [5, 5.41) is 0. The molecule has 6 nitrogen and oxygen atoms in total. The number of benzene rings is 3. The fourth-order valence-corrected chi connectivity index (χ4v) is 4.37. The Balaban J connectivity index is 1.24. The zero-order valence-corrected chi connectivity index (χ0v) is 23.5. The van der Waals surface area contributed by atoms with Gasteiger partial charge in [0.2, 0.25) is 6.17 Å². The molecule has 0 saturated carbocycles. The highest BCUT2D eigenvalue weighted by Gasteiger charge is 2.54. The van der Waals surface area contributed by atoms with Crippen LogP contribution in [0, 0.1) is 17.5 Å². The summed E-state index contributed by atoms with van der Waals surface area (Å²) >= 11 is 0. The van der Waals surface area contributed by atoms with Crippen molar-refractivity contribution in [3.63, 3.8) is 0 Å². The van der Waals surface area contributed by atoms with Gasteiger partial charge in [-0.05, 0) is 65.7 Å². The minimum Gasteiger partial charge on any atom is -0.491 e. The second-order valence-corrected chi connectivity index (χ2v) is 10.4. The molecule has 3 aromatic rings. The molecule has 3 aromatic carbocycles. The number of allylic oxidation sites excluding steroid dienone is 4. The van der Waals surface area contributed by atoms with Crippen LogP contribution in [-0.2, 0) is 9.47 Å². The van der Waals surface area contributed by atoms with Crippen LogP contribution in [0.4, 0.5) is 40.8 Å². The third-order valence-corrected chi connectivity index (χ3v) is 7.06. The van der Waals surface area contributed by atoms with Crippen molar-refractivity contribution in [2.45, 2.75) is 24.3 Å². The van der Waals surface area contributed by atoms with Crippen molar-refractivity contribution in [3.8, 4) is 11.5 Å². The number of nitrogens with zero attached hydrogens (tertiary/aromatic N) is 2. The van der Waals surface area contributed by atoms with Crippen LogP contribution in [-0.4, -0.2) is 63.2 Å². The van der Waals surface area contributed by atoms with Crippen LogP contribution in [0.5, 0.6) is 11.5 Å². The summed E-state index contributed by atoms with van der Waals surface area (Å²) < 4.78 is 141. The summed E-state index contributed by atoms with van der Waals surface area (Å²) in [6.45, 7) is 1.82. The van der Waals surface area contributed by atoms with Gasteiger partial charge in [0, 0.05) is 18.0 Å². The quantitative estimate of drug-likeness (QED) is 0.0941. The van der Waals surface area contributed by atoms with Crippen LogP contribution in [0.25, 0.3) is 5.57 Å². The molecular formula is C32H22F8N2O4. The molecule has 1 aliphatic carbocycles. The first-order valence-corrected chi connectivity index (χ1v) is 13.8. The van der Waals surface area contributed by atoms with Crippen LogP contribution in [0.1, 0.15) is 16.7 Å². The van der Waals surface area contributed by atoms with E-state index in [1.54, 1.807) is 0 Å². The summed E-state index contributed by atoms with van der Waals surface area (Å²) in [6.07, 6.45) is -1.86. The Morgan fingerprint density at radius 2 is 1.24 bits per heavy atom. The molecule has 0 bridgehead atoms. The third-order valence-electron chi connectivity index (χ3n) is 7.06. The van der Waals surface area contributed by atoms with Gasteiger partial charge < -0.3 is 18.9 Å². The Hall–Kier alpha value is -4.56. The molecule has 2 heterocycles. The standard InChI is InChI=1S/C32H22F8N2O4/c33-23-9-22(25(34)27(36)29(23)41-10-16-1-5-18(6-2-16)43-12-20-14-45-20)24-26(35)28(37)30(31(38)32(24,39)40)42-11-17-3-7-19(8-4-17)44-13-21-15-46-21/h1-11,20-21,31H,12-15H2. The van der Waals surface area contributed by atoms with Gasteiger partial charge in [-0.1, -0.05) is 0 Å². The van der Waals surface area contributed by atoms with Crippen molar-refractivity contribution < 1.29 is 54.1 Å². The van der Waals surface area contributed by atoms with Gasteiger partial charge in [0.15, 0.2) is 29.1 Å². The SMILES string of the molecule is FC1=C(N=Cc2ccc(OCC3CO3)cc2)C(F)C(F)(F)C(c2cc(F)c(N=Cc3ccc(OCC4CO4)cc3)c(F)c2F)=C1F. The lowest BCUT2D eigenvalue weighted by molar-refractivity contribution is -0.00675. The number of ether oxygens (including phenoxy) is 4. The normalized spacial score (nSPS) is 22.2. The Morgan fingerprint density at radius 1 is 0.739 bits per heavy atom. The predicted octanol–water partition coefficient (Wildman–Crippen LogP) is 7.38. The number of aliphatic imine (C=N–C) groups is 2. The van der Waals surface area contributed by atoms with E-state index in [9.17, 15) is 13.2 Å². The van der Waals surface area contributed by atoms with E-state index >= 15 is 22.0 Å². The first-order valence-electron chi connectivity index (χ1n) is 13.8. The first-order chi connectivity index (χ1) is 22.0. The maximum atomic E-state index is 15.2. The van der Waals surface area contributed by atoms with Gasteiger partial charge in [0.1, 0.15) is 48.3 Å². The Kier molecular flexibility index (Phi) is 8.66. The van der Waals surface area contributed by atoms with Gasteiger partial charge in [-0.15, -0.1) is 0 Å². The van der Waals surface area contributed by atoms with Crippen molar-refractivity contribution in [2.75, 3.05) is 26.4 Å². The lowest BCUT2D eigenvalue weighted by atomic mass is 9.88. The van der Waals surface area contributed by atoms with Gasteiger partial charge in [-0.2, -0.15) is 8.78 Å². The first kappa shape index (κ1) is 31.4. The van der Waals surface area contributed by atoms with Crippen molar-refractivity contribution in [1.29, 1.82) is 0 Å². The summed E-state index contributed by atoms with van der Waals surface area (Å²) in [4.78, 5) is 6.92. The predicted molar refractivity (Wildman–Crippen MR) is 151 cm³/mol. The van der Waals surface area contributed by atoms with E-state index < -0.39 is 63.7 Å². The lowest BCUT2D eigenvalue weighted by Crippen LogP contribution is -2.37. The second kappa shape index (κ2) is 12.7. The van der Waals surface area contributed by atoms with Gasteiger partial charge in [-0.3, -0.25) is 4.99 Å². The molecule has 14 heteroatoms. The molecule has 2 saturated heterocycles. The van der Waals surface area contributed by atoms with Crippen LogP contribution in [0.2, 0.25) is 0 Å². The van der Waals surface area contributed by atoms with Gasteiger partial charge in [0.25, 0.3) is 0 Å². The maximum absolute atomic E-state index is 15.2. The maximum Gasteiger partial charge on any atom is 0.313 e. The Bertz CT molecular complexity index is 1750. The molecule has 2 fully saturated rings. The van der Waals surface area contributed by atoms with Crippen molar-refractivity contribution >= 4 is 23.7 Å². The van der Waals surface area contributed by atoms with Gasteiger partial charge >= 0.3 is 5.92 Å². The largest absolute Gasteiger partial charge is 0.491 e. The lowest BCUT2D eigenvalue weighted by Gasteiger charge is -2.28. The summed E-state index contributed by atoms with van der Waals surface area (Å²) in [5.74, 6) is -14.6. The molecular weight excluding hydrogens is 628 g/mol. The molecule has 3 unspecified atom stereocenters. The van der Waals surface area contributed by atoms with Gasteiger partial charge in [0.05, 0.1) is 18.8 Å². The average molecular weight is 651 g/mol. The average Bonchev–Trinajstić information content (AvgIpc) is 3.98. The molecule has 0 spiro atoms. The summed E-state index contributed by atoms with van der Waals surface area (Å²) in [7, 11) is 0. The number of hydrogen-bond acceptors (Lipinski definition) is 6. The monoisotopic (exact) mass is 650 g/mol. The number of rotatable bonds is 11. The highest BCUT2D eigenvalue weighted by Crippen LogP contribution is 2.50. The molecule has 240 valence electrons. The van der Waals surface area contributed by atoms with E-state index in [1.165, 1.54) is 48.5 Å². The van der Waals surface area contributed by atoms with Crippen LogP contribution < -0.4 is 9.47 Å². The van der Waals surface area contributed by atoms with Crippen molar-refractivity contribution in [2.24, 2.45) is 9.98 Å². The van der Waals surface area contributed by atoms with Crippen LogP contribution in [0.15, 0.2) is 81.9 Å². The summed E-state index contributed by atoms with van der Waals surface area (Å²) in [6, 6.07) is 11.8. The van der Waals surface area contributed by atoms with E-state index in [0.29, 0.717) is 43.5 Å². The Labute approximate surface area is 256 Å².